The van der Waals surface area contributed by atoms with E-state index in [2.05, 4.69) is 17.5 Å². The third kappa shape index (κ3) is 4.82. The van der Waals surface area contributed by atoms with Crippen molar-refractivity contribution in [3.63, 3.8) is 0 Å². The van der Waals surface area contributed by atoms with E-state index in [1.165, 1.54) is 12.8 Å². The third-order valence-electron chi connectivity index (χ3n) is 2.22. The van der Waals surface area contributed by atoms with Crippen molar-refractivity contribution in [3.05, 3.63) is 29.8 Å². The molecular formula is C13H20N2O. The first kappa shape index (κ1) is 12.6. The fraction of sp³-hybridized carbons (Fsp3) is 0.462. The maximum atomic E-state index is 5.65. The largest absolute Gasteiger partial charge is 0.494 e. The van der Waals surface area contributed by atoms with Crippen LogP contribution >= 0.6 is 0 Å². The summed E-state index contributed by atoms with van der Waals surface area (Å²) in [6, 6.07) is 7.95. The lowest BCUT2D eigenvalue weighted by molar-refractivity contribution is 0.306. The Bertz CT molecular complexity index is 323. The fourth-order valence-corrected chi connectivity index (χ4v) is 1.37. The predicted molar refractivity (Wildman–Crippen MR) is 68.1 cm³/mol. The number of hydrogen-bond acceptors (Lipinski definition) is 3. The minimum atomic E-state index is 0.792. The normalized spacial score (nSPS) is 10.6. The number of unbranched alkanes of at least 4 members (excludes halogenated alkanes) is 2. The number of nitrogens with one attached hydrogen (secondary N) is 1. The fourth-order valence-electron chi connectivity index (χ4n) is 1.37. The zero-order valence-corrected chi connectivity index (χ0v) is 10.1. The monoisotopic (exact) mass is 220 g/mol. The molecule has 3 heteroatoms. The predicted octanol–water partition coefficient (Wildman–Crippen LogP) is 2.81. The van der Waals surface area contributed by atoms with E-state index in [4.69, 9.17) is 4.74 Å². The van der Waals surface area contributed by atoms with Gasteiger partial charge in [-0.3, -0.25) is 0 Å². The molecule has 0 bridgehead atoms. The number of benzene rings is 1. The van der Waals surface area contributed by atoms with Gasteiger partial charge in [0.25, 0.3) is 0 Å². The van der Waals surface area contributed by atoms with Gasteiger partial charge in [0.2, 0.25) is 0 Å². The number of nitrogens with zero attached hydrogens (tertiary/aromatic N) is 1. The summed E-state index contributed by atoms with van der Waals surface area (Å²) < 4.78 is 5.65. The van der Waals surface area contributed by atoms with E-state index in [1.54, 1.807) is 13.3 Å². The molecule has 0 aliphatic rings. The van der Waals surface area contributed by atoms with Gasteiger partial charge in [-0.1, -0.05) is 31.9 Å². The molecule has 1 rings (SSSR count). The van der Waals surface area contributed by atoms with Crippen molar-refractivity contribution in [2.24, 2.45) is 5.10 Å². The van der Waals surface area contributed by atoms with Crippen molar-refractivity contribution < 1.29 is 4.74 Å². The molecule has 0 amide bonds. The van der Waals surface area contributed by atoms with Crippen molar-refractivity contribution in [1.29, 1.82) is 0 Å². The Kier molecular flexibility index (Phi) is 6.07. The van der Waals surface area contributed by atoms with Gasteiger partial charge < -0.3 is 10.2 Å². The molecule has 88 valence electrons. The smallest absolute Gasteiger partial charge is 0.119 e. The first-order valence-electron chi connectivity index (χ1n) is 5.79. The zero-order valence-electron chi connectivity index (χ0n) is 10.1. The summed E-state index contributed by atoms with van der Waals surface area (Å²) in [5, 5.41) is 3.96. The van der Waals surface area contributed by atoms with E-state index in [0.29, 0.717) is 0 Å². The molecule has 0 heterocycles. The van der Waals surface area contributed by atoms with Crippen LogP contribution in [0.4, 0.5) is 0 Å². The van der Waals surface area contributed by atoms with Gasteiger partial charge in [-0.15, -0.1) is 0 Å². The average molecular weight is 220 g/mol. The second-order valence-electron chi connectivity index (χ2n) is 3.61. The summed E-state index contributed by atoms with van der Waals surface area (Å²) in [6.07, 6.45) is 5.34. The minimum Gasteiger partial charge on any atom is -0.494 e. The molecule has 1 aromatic carbocycles. The number of ether oxygens (including phenoxy) is 1. The van der Waals surface area contributed by atoms with Gasteiger partial charge in [-0.2, -0.15) is 5.10 Å². The van der Waals surface area contributed by atoms with Gasteiger partial charge in [-0.05, 0) is 24.1 Å². The van der Waals surface area contributed by atoms with Gasteiger partial charge in [0.1, 0.15) is 5.75 Å². The van der Waals surface area contributed by atoms with Crippen LogP contribution in [0.3, 0.4) is 0 Å². The second-order valence-corrected chi connectivity index (χ2v) is 3.61. The molecule has 0 aliphatic heterocycles. The highest BCUT2D eigenvalue weighted by Gasteiger charge is 1.94. The lowest BCUT2D eigenvalue weighted by atomic mass is 10.2. The Morgan fingerprint density at radius 1 is 1.38 bits per heavy atom. The van der Waals surface area contributed by atoms with Crippen molar-refractivity contribution in [2.45, 2.75) is 26.2 Å². The Labute approximate surface area is 97.5 Å². The summed E-state index contributed by atoms with van der Waals surface area (Å²) >= 11 is 0. The Balaban J connectivity index is 2.44. The summed E-state index contributed by atoms with van der Waals surface area (Å²) in [5.41, 5.74) is 3.77. The Hall–Kier alpha value is -1.51. The van der Waals surface area contributed by atoms with Crippen LogP contribution in [0.2, 0.25) is 0 Å². The van der Waals surface area contributed by atoms with E-state index in [-0.39, 0.29) is 0 Å². The number of hydrogen-bond donors (Lipinski definition) is 1. The molecule has 0 atom stereocenters. The molecule has 0 aliphatic carbocycles. The van der Waals surface area contributed by atoms with Gasteiger partial charge in [-0.25, -0.2) is 0 Å². The molecule has 0 saturated carbocycles. The van der Waals surface area contributed by atoms with Crippen LogP contribution in [0.5, 0.6) is 5.75 Å². The highest BCUT2D eigenvalue weighted by molar-refractivity contribution is 5.79. The quantitative estimate of drug-likeness (QED) is 0.435. The summed E-state index contributed by atoms with van der Waals surface area (Å²) in [6.45, 7) is 2.98. The molecule has 0 aromatic heterocycles. The zero-order chi connectivity index (χ0) is 11.6. The maximum absolute atomic E-state index is 5.65. The van der Waals surface area contributed by atoms with Gasteiger partial charge in [0.15, 0.2) is 0 Å². The van der Waals surface area contributed by atoms with Crippen LogP contribution in [-0.2, 0) is 0 Å². The van der Waals surface area contributed by atoms with Crippen molar-refractivity contribution >= 4 is 6.21 Å². The van der Waals surface area contributed by atoms with E-state index >= 15 is 0 Å². The highest BCUT2D eigenvalue weighted by Crippen LogP contribution is 2.12. The molecule has 0 spiro atoms. The Morgan fingerprint density at radius 3 is 3.00 bits per heavy atom. The summed E-state index contributed by atoms with van der Waals surface area (Å²) in [4.78, 5) is 0. The van der Waals surface area contributed by atoms with Crippen molar-refractivity contribution in [2.75, 3.05) is 13.7 Å². The molecule has 16 heavy (non-hydrogen) atoms. The van der Waals surface area contributed by atoms with Crippen LogP contribution < -0.4 is 10.2 Å². The van der Waals surface area contributed by atoms with E-state index in [1.807, 2.05) is 24.3 Å². The Morgan fingerprint density at radius 2 is 2.25 bits per heavy atom. The molecule has 0 fully saturated rings. The molecule has 0 unspecified atom stereocenters. The van der Waals surface area contributed by atoms with Crippen molar-refractivity contribution in [1.82, 2.24) is 5.43 Å². The average Bonchev–Trinajstić information content (AvgIpc) is 2.33. The van der Waals surface area contributed by atoms with Gasteiger partial charge >= 0.3 is 0 Å². The number of rotatable bonds is 7. The van der Waals surface area contributed by atoms with Gasteiger partial charge in [0.05, 0.1) is 12.8 Å². The molecule has 0 saturated heterocycles. The van der Waals surface area contributed by atoms with E-state index in [0.717, 1.165) is 24.3 Å². The summed E-state index contributed by atoms with van der Waals surface area (Å²) in [7, 11) is 1.78. The SMILES string of the molecule is CCCCCOc1cccc(/C=N/NC)c1. The summed E-state index contributed by atoms with van der Waals surface area (Å²) in [5.74, 6) is 0.913. The van der Waals surface area contributed by atoms with E-state index in [9.17, 15) is 0 Å². The topological polar surface area (TPSA) is 33.6 Å². The lowest BCUT2D eigenvalue weighted by Crippen LogP contribution is -1.98. The van der Waals surface area contributed by atoms with Crippen LogP contribution in [0.1, 0.15) is 31.7 Å². The standard InChI is InChI=1S/C13H20N2O/c1-3-4-5-9-16-13-8-6-7-12(10-13)11-15-14-2/h6-8,10-11,14H,3-5,9H2,1-2H3/b15-11+. The minimum absolute atomic E-state index is 0.792. The van der Waals surface area contributed by atoms with Crippen molar-refractivity contribution in [3.8, 4) is 5.75 Å². The lowest BCUT2D eigenvalue weighted by Gasteiger charge is -2.05. The molecule has 3 nitrogen and oxygen atoms in total. The van der Waals surface area contributed by atoms with Crippen LogP contribution in [0.15, 0.2) is 29.4 Å². The molecule has 1 aromatic rings. The van der Waals surface area contributed by atoms with Gasteiger partial charge in [0, 0.05) is 7.05 Å². The van der Waals surface area contributed by atoms with Crippen LogP contribution in [0, 0.1) is 0 Å². The highest BCUT2D eigenvalue weighted by atomic mass is 16.5. The third-order valence-corrected chi connectivity index (χ3v) is 2.22. The molecule has 0 radical (unpaired) electrons. The molecule has 1 N–H and O–H groups in total. The van der Waals surface area contributed by atoms with Crippen LogP contribution in [-0.4, -0.2) is 19.9 Å². The number of hydrazone groups is 1. The second kappa shape index (κ2) is 7.74. The van der Waals surface area contributed by atoms with Crippen LogP contribution in [0.25, 0.3) is 0 Å². The first-order chi connectivity index (χ1) is 7.86. The molecular weight excluding hydrogens is 200 g/mol. The van der Waals surface area contributed by atoms with E-state index < -0.39 is 0 Å². The first-order valence-corrected chi connectivity index (χ1v) is 5.79. The maximum Gasteiger partial charge on any atom is 0.119 e.